The molecule has 5 rings (SSSR count). The van der Waals surface area contributed by atoms with E-state index >= 15 is 0 Å². The third-order valence-corrected chi connectivity index (χ3v) is 6.20. The summed E-state index contributed by atoms with van der Waals surface area (Å²) in [5, 5.41) is 13.3. The summed E-state index contributed by atoms with van der Waals surface area (Å²) in [5.41, 5.74) is 3.70. The van der Waals surface area contributed by atoms with Crippen LogP contribution in [0.25, 0.3) is 16.5 Å². The largest absolute Gasteiger partial charge is 0.507 e. The van der Waals surface area contributed by atoms with Crippen LogP contribution in [0, 0.1) is 13.8 Å². The second-order valence-electron chi connectivity index (χ2n) is 8.25. The van der Waals surface area contributed by atoms with Gasteiger partial charge in [-0.05, 0) is 66.1 Å². The molecule has 1 unspecified atom stereocenters. The Hall–Kier alpha value is -4.25. The van der Waals surface area contributed by atoms with E-state index in [0.29, 0.717) is 16.9 Å². The van der Waals surface area contributed by atoms with Gasteiger partial charge in [-0.25, -0.2) is 0 Å². The average Bonchev–Trinajstić information content (AvgIpc) is 3.11. The van der Waals surface area contributed by atoms with E-state index in [2.05, 4.69) is 4.98 Å². The molecule has 4 aromatic rings. The fourth-order valence-electron chi connectivity index (χ4n) is 4.28. The molecule has 5 nitrogen and oxygen atoms in total. The number of nitrogens with zero attached hydrogens (tertiary/aromatic N) is 2. The molecule has 1 aliphatic heterocycles. The Labute approximate surface area is 191 Å². The van der Waals surface area contributed by atoms with Crippen molar-refractivity contribution >= 4 is 33.9 Å². The lowest BCUT2D eigenvalue weighted by molar-refractivity contribution is -0.132. The van der Waals surface area contributed by atoms with Gasteiger partial charge < -0.3 is 5.11 Å². The van der Waals surface area contributed by atoms with Gasteiger partial charge in [0, 0.05) is 17.4 Å². The quantitative estimate of drug-likeness (QED) is 0.263. The smallest absolute Gasteiger partial charge is 0.300 e. The maximum atomic E-state index is 13.3. The Morgan fingerprint density at radius 2 is 1.61 bits per heavy atom. The molecule has 0 saturated carbocycles. The van der Waals surface area contributed by atoms with E-state index in [1.165, 1.54) is 4.90 Å². The van der Waals surface area contributed by atoms with Gasteiger partial charge in [0.1, 0.15) is 11.8 Å². The van der Waals surface area contributed by atoms with Crippen molar-refractivity contribution in [3.05, 3.63) is 113 Å². The molecule has 5 heteroatoms. The van der Waals surface area contributed by atoms with Crippen LogP contribution in [0.1, 0.15) is 28.4 Å². The Morgan fingerprint density at radius 3 is 2.33 bits per heavy atom. The van der Waals surface area contributed by atoms with Gasteiger partial charge >= 0.3 is 0 Å². The number of amides is 1. The molecule has 0 radical (unpaired) electrons. The number of fused-ring (bicyclic) bond motifs is 1. The summed E-state index contributed by atoms with van der Waals surface area (Å²) in [4.78, 5) is 32.4. The Bertz CT molecular complexity index is 1440. The standard InChI is InChI=1S/C28H22N2O3/c1-17-10-13-22(15-18(17)2)30-25(23-9-5-6-14-29-23)24(27(32)28(30)33)26(31)21-12-11-19-7-3-4-8-20(19)16-21/h3-16,25,31H,1-2H3/b26-24-. The van der Waals surface area contributed by atoms with Gasteiger partial charge in [-0.1, -0.05) is 48.5 Å². The van der Waals surface area contributed by atoms with Gasteiger partial charge in [0.05, 0.1) is 11.3 Å². The lowest BCUT2D eigenvalue weighted by Gasteiger charge is -2.25. The summed E-state index contributed by atoms with van der Waals surface area (Å²) in [5.74, 6) is -1.62. The van der Waals surface area contributed by atoms with E-state index in [0.717, 1.165) is 21.9 Å². The zero-order valence-corrected chi connectivity index (χ0v) is 18.3. The topological polar surface area (TPSA) is 70.5 Å². The summed E-state index contributed by atoms with van der Waals surface area (Å²) in [6.45, 7) is 3.95. The maximum Gasteiger partial charge on any atom is 0.300 e. The van der Waals surface area contributed by atoms with Crippen molar-refractivity contribution in [1.82, 2.24) is 4.98 Å². The Kier molecular flexibility index (Phi) is 5.02. The van der Waals surface area contributed by atoms with E-state index in [-0.39, 0.29) is 11.3 Å². The Morgan fingerprint density at radius 1 is 0.848 bits per heavy atom. The van der Waals surface area contributed by atoms with E-state index in [9.17, 15) is 14.7 Å². The van der Waals surface area contributed by atoms with Gasteiger partial charge in [-0.15, -0.1) is 0 Å². The minimum Gasteiger partial charge on any atom is -0.507 e. The normalized spacial score (nSPS) is 17.6. The number of aryl methyl sites for hydroxylation is 2. The maximum absolute atomic E-state index is 13.3. The number of hydrogen-bond acceptors (Lipinski definition) is 4. The fraction of sp³-hybridized carbons (Fsp3) is 0.107. The number of carbonyl (C=O) groups is 2. The molecular weight excluding hydrogens is 412 g/mol. The highest BCUT2D eigenvalue weighted by atomic mass is 16.3. The first kappa shape index (κ1) is 20.6. The molecule has 1 amide bonds. The van der Waals surface area contributed by atoms with Gasteiger partial charge in [0.15, 0.2) is 0 Å². The van der Waals surface area contributed by atoms with Crippen molar-refractivity contribution in [1.29, 1.82) is 0 Å². The number of Topliss-reactive ketones (excluding diaryl/α,β-unsaturated/α-hetero) is 1. The van der Waals surface area contributed by atoms with Gasteiger partial charge in [-0.3, -0.25) is 19.5 Å². The number of benzene rings is 3. The molecule has 1 aromatic heterocycles. The summed E-state index contributed by atoms with van der Waals surface area (Å²) in [7, 11) is 0. The summed E-state index contributed by atoms with van der Waals surface area (Å²) in [6.07, 6.45) is 1.62. The van der Waals surface area contributed by atoms with E-state index in [1.807, 2.05) is 68.4 Å². The molecule has 3 aromatic carbocycles. The molecule has 2 heterocycles. The predicted molar refractivity (Wildman–Crippen MR) is 129 cm³/mol. The first-order valence-electron chi connectivity index (χ1n) is 10.7. The van der Waals surface area contributed by atoms with Crippen LogP contribution in [-0.4, -0.2) is 21.8 Å². The highest BCUT2D eigenvalue weighted by molar-refractivity contribution is 6.51. The second-order valence-corrected chi connectivity index (χ2v) is 8.25. The minimum absolute atomic E-state index is 0.0345. The van der Waals surface area contributed by atoms with Crippen LogP contribution in [-0.2, 0) is 9.59 Å². The van der Waals surface area contributed by atoms with Crippen LogP contribution >= 0.6 is 0 Å². The van der Waals surface area contributed by atoms with Crippen LogP contribution < -0.4 is 4.90 Å². The number of ketones is 1. The lowest BCUT2D eigenvalue weighted by atomic mass is 9.96. The second kappa shape index (κ2) is 8.02. The third kappa shape index (κ3) is 3.48. The van der Waals surface area contributed by atoms with Crippen molar-refractivity contribution < 1.29 is 14.7 Å². The number of carbonyl (C=O) groups excluding carboxylic acids is 2. The van der Waals surface area contributed by atoms with Crippen molar-refractivity contribution in [2.45, 2.75) is 19.9 Å². The van der Waals surface area contributed by atoms with Crippen LogP contribution in [0.2, 0.25) is 0 Å². The molecule has 1 fully saturated rings. The van der Waals surface area contributed by atoms with E-state index < -0.39 is 17.7 Å². The number of pyridine rings is 1. The number of rotatable bonds is 3. The fourth-order valence-corrected chi connectivity index (χ4v) is 4.28. The summed E-state index contributed by atoms with van der Waals surface area (Å²) < 4.78 is 0. The van der Waals surface area contributed by atoms with Crippen LogP contribution in [0.15, 0.2) is 90.6 Å². The molecule has 1 saturated heterocycles. The summed E-state index contributed by atoms with van der Waals surface area (Å²) >= 11 is 0. The van der Waals surface area contributed by atoms with Gasteiger partial charge in [0.2, 0.25) is 0 Å². The van der Waals surface area contributed by atoms with Crippen LogP contribution in [0.5, 0.6) is 0 Å². The molecule has 0 aliphatic carbocycles. The number of aliphatic hydroxyl groups is 1. The molecule has 1 aliphatic rings. The highest BCUT2D eigenvalue weighted by Gasteiger charge is 2.47. The molecule has 0 bridgehead atoms. The minimum atomic E-state index is -0.834. The highest BCUT2D eigenvalue weighted by Crippen LogP contribution is 2.42. The first-order chi connectivity index (χ1) is 16.0. The number of hydrogen-bond donors (Lipinski definition) is 1. The molecule has 0 spiro atoms. The van der Waals surface area contributed by atoms with Crippen molar-refractivity contribution in [3.8, 4) is 0 Å². The average molecular weight is 434 g/mol. The number of aromatic nitrogens is 1. The van der Waals surface area contributed by atoms with E-state index in [4.69, 9.17) is 0 Å². The molecular formula is C28H22N2O3. The zero-order valence-electron chi connectivity index (χ0n) is 18.3. The monoisotopic (exact) mass is 434 g/mol. The van der Waals surface area contributed by atoms with Crippen molar-refractivity contribution in [2.24, 2.45) is 0 Å². The number of anilines is 1. The zero-order chi connectivity index (χ0) is 23.1. The third-order valence-electron chi connectivity index (χ3n) is 6.20. The van der Waals surface area contributed by atoms with E-state index in [1.54, 1.807) is 30.5 Å². The molecule has 162 valence electrons. The Balaban J connectivity index is 1.73. The first-order valence-corrected chi connectivity index (χ1v) is 10.7. The van der Waals surface area contributed by atoms with Crippen molar-refractivity contribution in [3.63, 3.8) is 0 Å². The van der Waals surface area contributed by atoms with Gasteiger partial charge in [-0.2, -0.15) is 0 Å². The SMILES string of the molecule is Cc1ccc(N2C(=O)C(=O)/C(=C(\O)c3ccc4ccccc4c3)C2c2ccccn2)cc1C. The molecule has 1 atom stereocenters. The molecule has 33 heavy (non-hydrogen) atoms. The summed E-state index contributed by atoms with van der Waals surface area (Å²) in [6, 6.07) is 23.4. The lowest BCUT2D eigenvalue weighted by Crippen LogP contribution is -2.29. The van der Waals surface area contributed by atoms with Crippen LogP contribution in [0.3, 0.4) is 0 Å². The predicted octanol–water partition coefficient (Wildman–Crippen LogP) is 5.48. The van der Waals surface area contributed by atoms with Crippen molar-refractivity contribution in [2.75, 3.05) is 4.90 Å². The van der Waals surface area contributed by atoms with Crippen LogP contribution in [0.4, 0.5) is 5.69 Å². The number of aliphatic hydroxyl groups excluding tert-OH is 1. The molecule has 1 N–H and O–H groups in total. The van der Waals surface area contributed by atoms with Gasteiger partial charge in [0.25, 0.3) is 11.7 Å².